The van der Waals surface area contributed by atoms with Gasteiger partial charge < -0.3 is 14.8 Å². The van der Waals surface area contributed by atoms with E-state index in [2.05, 4.69) is 30.2 Å². The molecular weight excluding hydrogens is 396 g/mol. The van der Waals surface area contributed by atoms with Gasteiger partial charge >= 0.3 is 0 Å². The van der Waals surface area contributed by atoms with Crippen LogP contribution in [0.25, 0.3) is 11.3 Å². The minimum absolute atomic E-state index is 0.146. The van der Waals surface area contributed by atoms with Crippen LogP contribution in [0.4, 0.5) is 5.82 Å². The fourth-order valence-electron chi connectivity index (χ4n) is 3.60. The van der Waals surface area contributed by atoms with Crippen molar-refractivity contribution in [1.82, 2.24) is 24.9 Å². The molecule has 0 saturated carbocycles. The van der Waals surface area contributed by atoms with Crippen molar-refractivity contribution in [1.29, 1.82) is 0 Å². The Labute approximate surface area is 180 Å². The summed E-state index contributed by atoms with van der Waals surface area (Å²) in [5, 5.41) is 2.95. The largest absolute Gasteiger partial charge is 0.477 e. The molecule has 0 bridgehead atoms. The Hall–Kier alpha value is -3.46. The van der Waals surface area contributed by atoms with Crippen molar-refractivity contribution in [3.63, 3.8) is 0 Å². The van der Waals surface area contributed by atoms with Crippen molar-refractivity contribution < 1.29 is 14.3 Å². The summed E-state index contributed by atoms with van der Waals surface area (Å²) in [4.78, 5) is 35.0. The normalized spacial score (nSPS) is 15.3. The lowest BCUT2D eigenvalue weighted by molar-refractivity contribution is -0.125. The maximum absolute atomic E-state index is 13.4. The highest BCUT2D eigenvalue weighted by atomic mass is 16.5. The van der Waals surface area contributed by atoms with Gasteiger partial charge in [0.2, 0.25) is 11.8 Å². The molecule has 0 aromatic carbocycles. The van der Waals surface area contributed by atoms with Gasteiger partial charge in [-0.3, -0.25) is 9.78 Å². The van der Waals surface area contributed by atoms with Crippen LogP contribution in [0.5, 0.6) is 5.88 Å². The highest BCUT2D eigenvalue weighted by Crippen LogP contribution is 2.35. The van der Waals surface area contributed by atoms with Crippen molar-refractivity contribution in [3.05, 3.63) is 54.5 Å². The number of carbonyl (C=O) groups excluding carboxylic acids is 1. The minimum atomic E-state index is -0.774. The van der Waals surface area contributed by atoms with Crippen LogP contribution in [0, 0.1) is 6.92 Å². The number of hydrogen-bond donors (Lipinski definition) is 1. The maximum Gasteiger partial charge on any atom is 0.237 e. The van der Waals surface area contributed by atoms with Gasteiger partial charge in [0.05, 0.1) is 35.8 Å². The first-order valence-electron chi connectivity index (χ1n) is 10.2. The number of nitrogens with one attached hydrogen (secondary N) is 1. The first-order chi connectivity index (χ1) is 15.1. The third-order valence-electron chi connectivity index (χ3n) is 5.25. The number of anilines is 1. The number of ether oxygens (including phenoxy) is 2. The lowest BCUT2D eigenvalue weighted by atomic mass is 9.76. The molecule has 1 saturated heterocycles. The first kappa shape index (κ1) is 20.8. The van der Waals surface area contributed by atoms with Gasteiger partial charge in [-0.1, -0.05) is 0 Å². The Morgan fingerprint density at radius 3 is 2.68 bits per heavy atom. The number of nitrogens with zero attached hydrogens (tertiary/aromatic N) is 5. The molecule has 1 N–H and O–H groups in total. The maximum atomic E-state index is 13.4. The molecule has 0 aliphatic carbocycles. The van der Waals surface area contributed by atoms with Crippen LogP contribution in [0.15, 0.2) is 43.0 Å². The third-order valence-corrected chi connectivity index (χ3v) is 5.25. The molecular formula is C22H24N6O3. The number of pyridine rings is 1. The Kier molecular flexibility index (Phi) is 6.13. The van der Waals surface area contributed by atoms with E-state index >= 15 is 0 Å². The summed E-state index contributed by atoms with van der Waals surface area (Å²) in [6.45, 7) is 5.22. The predicted octanol–water partition coefficient (Wildman–Crippen LogP) is 2.72. The second kappa shape index (κ2) is 9.13. The Morgan fingerprint density at radius 1 is 1.13 bits per heavy atom. The molecule has 0 radical (unpaired) electrons. The fourth-order valence-corrected chi connectivity index (χ4v) is 3.60. The molecule has 9 heteroatoms. The summed E-state index contributed by atoms with van der Waals surface area (Å²) in [6, 6.07) is 5.40. The quantitative estimate of drug-likeness (QED) is 0.648. The van der Waals surface area contributed by atoms with Gasteiger partial charge in [0, 0.05) is 31.2 Å². The van der Waals surface area contributed by atoms with Gasteiger partial charge in [-0.2, -0.15) is 0 Å². The van der Waals surface area contributed by atoms with Gasteiger partial charge in [0.15, 0.2) is 0 Å². The molecule has 1 aliphatic heterocycles. The van der Waals surface area contributed by atoms with E-state index in [9.17, 15) is 4.79 Å². The monoisotopic (exact) mass is 420 g/mol. The lowest BCUT2D eigenvalue weighted by Gasteiger charge is -2.35. The fraction of sp³-hybridized carbons (Fsp3) is 0.364. The van der Waals surface area contributed by atoms with Crippen LogP contribution in [0.3, 0.4) is 0 Å². The average molecular weight is 420 g/mol. The average Bonchev–Trinajstić information content (AvgIpc) is 2.80. The summed E-state index contributed by atoms with van der Waals surface area (Å²) in [5.41, 5.74) is 1.36. The topological polar surface area (TPSA) is 112 Å². The predicted molar refractivity (Wildman–Crippen MR) is 114 cm³/mol. The summed E-state index contributed by atoms with van der Waals surface area (Å²) in [7, 11) is 0. The second-order valence-corrected chi connectivity index (χ2v) is 7.25. The Bertz CT molecular complexity index is 1050. The van der Waals surface area contributed by atoms with Crippen LogP contribution in [-0.2, 0) is 14.9 Å². The van der Waals surface area contributed by atoms with E-state index in [-0.39, 0.29) is 5.91 Å². The van der Waals surface area contributed by atoms with Gasteiger partial charge in [-0.25, -0.2) is 19.9 Å². The molecule has 0 spiro atoms. The zero-order valence-electron chi connectivity index (χ0n) is 17.5. The Morgan fingerprint density at radius 2 is 1.97 bits per heavy atom. The zero-order valence-corrected chi connectivity index (χ0v) is 17.5. The molecule has 31 heavy (non-hydrogen) atoms. The molecule has 3 aromatic heterocycles. The first-order valence-corrected chi connectivity index (χ1v) is 10.2. The van der Waals surface area contributed by atoms with Crippen LogP contribution in [0.2, 0.25) is 0 Å². The summed E-state index contributed by atoms with van der Waals surface area (Å²) in [5.74, 6) is 1.40. The van der Waals surface area contributed by atoms with Crippen LogP contribution >= 0.6 is 0 Å². The van der Waals surface area contributed by atoms with Crippen molar-refractivity contribution in [3.8, 4) is 17.1 Å². The van der Waals surface area contributed by atoms with Gasteiger partial charge in [0.1, 0.15) is 11.6 Å². The molecule has 9 nitrogen and oxygen atoms in total. The van der Waals surface area contributed by atoms with Crippen LogP contribution < -0.4 is 10.1 Å². The SMILES string of the molecule is CCOc1cncc(-c2ccc(NC(=O)C3(c4ccnc(C)n4)CCOCC3)nc2)n1. The van der Waals surface area contributed by atoms with Gasteiger partial charge in [0.25, 0.3) is 0 Å². The van der Waals surface area contributed by atoms with E-state index in [1.165, 1.54) is 0 Å². The number of aryl methyl sites for hydroxylation is 1. The highest BCUT2D eigenvalue weighted by molar-refractivity contribution is 5.98. The molecule has 160 valence electrons. The van der Waals surface area contributed by atoms with Gasteiger partial charge in [-0.05, 0) is 44.9 Å². The van der Waals surface area contributed by atoms with E-state index in [0.29, 0.717) is 61.6 Å². The zero-order chi connectivity index (χ0) is 21.7. The van der Waals surface area contributed by atoms with E-state index in [1.54, 1.807) is 36.9 Å². The third kappa shape index (κ3) is 4.51. The molecule has 4 rings (SSSR count). The van der Waals surface area contributed by atoms with Gasteiger partial charge in [-0.15, -0.1) is 0 Å². The van der Waals surface area contributed by atoms with Crippen LogP contribution in [-0.4, -0.2) is 50.6 Å². The molecule has 1 amide bonds. The highest BCUT2D eigenvalue weighted by Gasteiger charge is 2.43. The smallest absolute Gasteiger partial charge is 0.237 e. The van der Waals surface area contributed by atoms with Crippen molar-refractivity contribution >= 4 is 11.7 Å². The van der Waals surface area contributed by atoms with E-state index in [1.807, 2.05) is 19.9 Å². The van der Waals surface area contributed by atoms with Crippen molar-refractivity contribution in [2.75, 3.05) is 25.1 Å². The van der Waals surface area contributed by atoms with E-state index in [0.717, 1.165) is 5.56 Å². The van der Waals surface area contributed by atoms with E-state index < -0.39 is 5.41 Å². The number of rotatable bonds is 6. The second-order valence-electron chi connectivity index (χ2n) is 7.25. The number of aromatic nitrogens is 5. The summed E-state index contributed by atoms with van der Waals surface area (Å²) in [6.07, 6.45) is 7.65. The van der Waals surface area contributed by atoms with Crippen molar-refractivity contribution in [2.45, 2.75) is 32.1 Å². The van der Waals surface area contributed by atoms with Crippen molar-refractivity contribution in [2.24, 2.45) is 0 Å². The van der Waals surface area contributed by atoms with E-state index in [4.69, 9.17) is 9.47 Å². The summed E-state index contributed by atoms with van der Waals surface area (Å²) < 4.78 is 10.9. The molecule has 0 unspecified atom stereocenters. The molecule has 1 aliphatic rings. The number of amides is 1. The Balaban J connectivity index is 1.55. The molecule has 3 aromatic rings. The number of hydrogen-bond acceptors (Lipinski definition) is 8. The summed E-state index contributed by atoms with van der Waals surface area (Å²) >= 11 is 0. The molecule has 1 fully saturated rings. The number of carbonyl (C=O) groups is 1. The minimum Gasteiger partial charge on any atom is -0.477 e. The lowest BCUT2D eigenvalue weighted by Crippen LogP contribution is -2.45. The molecule has 4 heterocycles. The standard InChI is InChI=1S/C22H24N6O3/c1-3-31-20-14-23-13-17(27-20)16-4-5-19(25-12-16)28-21(29)22(7-10-30-11-8-22)18-6-9-24-15(2)26-18/h4-6,9,12-14H,3,7-8,10-11H2,1-2H3,(H,25,28,29). The molecule has 0 atom stereocenters. The van der Waals surface area contributed by atoms with Crippen LogP contribution in [0.1, 0.15) is 31.3 Å².